The molecule has 0 spiro atoms. The van der Waals surface area contributed by atoms with Gasteiger partial charge < -0.3 is 5.11 Å². The monoisotopic (exact) mass is 280 g/mol. The highest BCUT2D eigenvalue weighted by atomic mass is 31.2. The number of rotatable bonds is 7. The summed E-state index contributed by atoms with van der Waals surface area (Å²) < 4.78 is 40.8. The van der Waals surface area contributed by atoms with E-state index in [0.717, 1.165) is 5.56 Å². The van der Waals surface area contributed by atoms with E-state index in [1.807, 2.05) is 0 Å². The smallest absolute Gasteiger partial charge is 0.399 e. The maximum absolute atomic E-state index is 11.8. The van der Waals surface area contributed by atoms with Crippen LogP contribution in [0.1, 0.15) is 17.5 Å². The van der Waals surface area contributed by atoms with Gasteiger partial charge in [0.05, 0.1) is 6.16 Å². The summed E-state index contributed by atoms with van der Waals surface area (Å²) in [6, 6.07) is 6.11. The van der Waals surface area contributed by atoms with E-state index in [1.54, 1.807) is 12.1 Å². The molecule has 18 heavy (non-hydrogen) atoms. The molecular weight excluding hydrogens is 269 g/mol. The molecule has 0 radical (unpaired) electrons. The summed E-state index contributed by atoms with van der Waals surface area (Å²) in [5.74, 6) is -0.916. The lowest BCUT2D eigenvalue weighted by atomic mass is 10.1. The summed E-state index contributed by atoms with van der Waals surface area (Å²) in [6.07, 6.45) is -0.218. The Morgan fingerprint density at radius 2 is 1.67 bits per heavy atom. The molecule has 0 heterocycles. The van der Waals surface area contributed by atoms with Crippen molar-refractivity contribution < 1.29 is 33.0 Å². The summed E-state index contributed by atoms with van der Waals surface area (Å²) >= 11 is 0. The van der Waals surface area contributed by atoms with Gasteiger partial charge in [-0.05, 0) is 26.6 Å². The molecule has 0 unspecified atom stereocenters. The lowest BCUT2D eigenvalue weighted by molar-refractivity contribution is -0.136. The molecule has 5 nitrogen and oxygen atoms in total. The second-order valence-electron chi connectivity index (χ2n) is 3.62. The average molecular weight is 280 g/mol. The van der Waals surface area contributed by atoms with Crippen LogP contribution in [0.4, 0.5) is 9.05 Å². The molecule has 0 bridgehead atoms. The van der Waals surface area contributed by atoms with Crippen molar-refractivity contribution in [3.63, 3.8) is 0 Å². The molecule has 0 aromatic heterocycles. The summed E-state index contributed by atoms with van der Waals surface area (Å²) in [7, 11) is -4.38. The number of hydrogen-bond donors (Lipinski definition) is 1. The van der Waals surface area contributed by atoms with Crippen molar-refractivity contribution >= 4 is 13.6 Å². The normalized spacial score (nSPS) is 11.4. The number of halogens is 2. The van der Waals surface area contributed by atoms with E-state index in [1.165, 1.54) is 12.1 Å². The molecule has 8 heteroatoms. The van der Waals surface area contributed by atoms with Gasteiger partial charge in [-0.25, -0.2) is 0 Å². The Morgan fingerprint density at radius 3 is 2.11 bits per heavy atom. The molecule has 0 atom stereocenters. The minimum Gasteiger partial charge on any atom is -0.481 e. The predicted octanol–water partition coefficient (Wildman–Crippen LogP) is 3.20. The maximum atomic E-state index is 11.8. The molecule has 0 aliphatic rings. The number of benzene rings is 1. The lowest BCUT2D eigenvalue weighted by Gasteiger charge is -2.07. The van der Waals surface area contributed by atoms with Gasteiger partial charge in [-0.2, -0.15) is 0 Å². The van der Waals surface area contributed by atoms with Gasteiger partial charge in [-0.3, -0.25) is 9.36 Å². The number of hydrogen-bond acceptors (Lipinski definition) is 4. The Kier molecular flexibility index (Phi) is 5.40. The Balaban J connectivity index is 2.65. The molecule has 0 fully saturated rings. The van der Waals surface area contributed by atoms with Crippen LogP contribution in [0.2, 0.25) is 0 Å². The van der Waals surface area contributed by atoms with Gasteiger partial charge in [0.15, 0.2) is 0 Å². The molecule has 0 aliphatic carbocycles. The Labute approximate surface area is 102 Å². The largest absolute Gasteiger partial charge is 0.481 e. The van der Waals surface area contributed by atoms with Crippen molar-refractivity contribution in [1.29, 1.82) is 0 Å². The summed E-state index contributed by atoms with van der Waals surface area (Å²) in [5.41, 5.74) is 1.10. The third-order valence-corrected chi connectivity index (χ3v) is 3.41. The van der Waals surface area contributed by atoms with E-state index >= 15 is 0 Å². The standard InChI is InChI=1S/C10H11F2O5P/c11-16-18(15,17-12)7-9-3-1-8(2-4-9)5-6-10(13)14/h1-4H,5-7H2,(H,13,14). The quantitative estimate of drug-likeness (QED) is 0.776. The van der Waals surface area contributed by atoms with Crippen molar-refractivity contribution in [3.05, 3.63) is 35.4 Å². The molecule has 0 aliphatic heterocycles. The molecule has 0 amide bonds. The van der Waals surface area contributed by atoms with Crippen LogP contribution in [-0.2, 0) is 31.4 Å². The van der Waals surface area contributed by atoms with Crippen LogP contribution in [0.25, 0.3) is 0 Å². The number of aliphatic carboxylic acids is 1. The first-order chi connectivity index (χ1) is 8.49. The topological polar surface area (TPSA) is 72.8 Å². The van der Waals surface area contributed by atoms with Gasteiger partial charge in [0.2, 0.25) is 0 Å². The molecule has 100 valence electrons. The van der Waals surface area contributed by atoms with Crippen LogP contribution in [0.5, 0.6) is 0 Å². The fourth-order valence-electron chi connectivity index (χ4n) is 1.35. The molecule has 0 saturated heterocycles. The first-order valence-electron chi connectivity index (χ1n) is 4.98. The van der Waals surface area contributed by atoms with Crippen molar-refractivity contribution in [2.45, 2.75) is 19.0 Å². The Morgan fingerprint density at radius 1 is 1.17 bits per heavy atom. The fraction of sp³-hybridized carbons (Fsp3) is 0.300. The average Bonchev–Trinajstić information content (AvgIpc) is 2.37. The van der Waals surface area contributed by atoms with Crippen molar-refractivity contribution in [2.24, 2.45) is 0 Å². The van der Waals surface area contributed by atoms with E-state index in [-0.39, 0.29) is 6.42 Å². The third-order valence-electron chi connectivity index (χ3n) is 2.24. The fourth-order valence-corrected chi connectivity index (χ4v) is 2.12. The highest BCUT2D eigenvalue weighted by molar-refractivity contribution is 7.52. The van der Waals surface area contributed by atoms with Gasteiger partial charge in [-0.15, -0.1) is 9.46 Å². The molecule has 0 saturated carbocycles. The van der Waals surface area contributed by atoms with E-state index in [2.05, 4.69) is 9.46 Å². The second-order valence-corrected chi connectivity index (χ2v) is 5.43. The number of carboxylic acids is 1. The highest BCUT2D eigenvalue weighted by Crippen LogP contribution is 2.52. The van der Waals surface area contributed by atoms with Gasteiger partial charge in [-0.1, -0.05) is 24.3 Å². The zero-order valence-corrected chi connectivity index (χ0v) is 10.1. The van der Waals surface area contributed by atoms with Gasteiger partial charge in [0.1, 0.15) is 0 Å². The zero-order chi connectivity index (χ0) is 13.6. The van der Waals surface area contributed by atoms with Crippen LogP contribution >= 0.6 is 7.60 Å². The molecular formula is C10H11F2O5P. The van der Waals surface area contributed by atoms with Crippen molar-refractivity contribution in [3.8, 4) is 0 Å². The zero-order valence-electron chi connectivity index (χ0n) is 9.21. The van der Waals surface area contributed by atoms with E-state index in [9.17, 15) is 18.4 Å². The molecule has 1 aromatic rings. The van der Waals surface area contributed by atoms with E-state index < -0.39 is 19.7 Å². The predicted molar refractivity (Wildman–Crippen MR) is 58.1 cm³/mol. The van der Waals surface area contributed by atoms with Crippen molar-refractivity contribution in [2.75, 3.05) is 0 Å². The first kappa shape index (κ1) is 14.8. The molecule has 1 N–H and O–H groups in total. The number of carbonyl (C=O) groups is 1. The van der Waals surface area contributed by atoms with Crippen LogP contribution in [0.3, 0.4) is 0 Å². The third kappa shape index (κ3) is 4.52. The Bertz CT molecular complexity index is 440. The molecule has 1 aromatic carbocycles. The first-order valence-corrected chi connectivity index (χ1v) is 6.71. The maximum Gasteiger partial charge on any atom is 0.399 e. The minimum absolute atomic E-state index is 0.0149. The number of aryl methyl sites for hydroxylation is 1. The van der Waals surface area contributed by atoms with E-state index in [0.29, 0.717) is 12.0 Å². The van der Waals surface area contributed by atoms with Crippen LogP contribution in [-0.4, -0.2) is 11.1 Å². The minimum atomic E-state index is -4.38. The summed E-state index contributed by atoms with van der Waals surface area (Å²) in [4.78, 5) is 10.4. The van der Waals surface area contributed by atoms with Gasteiger partial charge >= 0.3 is 13.6 Å². The van der Waals surface area contributed by atoms with Gasteiger partial charge in [0, 0.05) is 6.42 Å². The lowest BCUT2D eigenvalue weighted by Crippen LogP contribution is -1.97. The van der Waals surface area contributed by atoms with Crippen molar-refractivity contribution in [1.82, 2.24) is 0 Å². The summed E-state index contributed by atoms with van der Waals surface area (Å²) in [6.45, 7) is 0. The van der Waals surface area contributed by atoms with E-state index in [4.69, 9.17) is 5.11 Å². The van der Waals surface area contributed by atoms with Crippen LogP contribution in [0, 0.1) is 0 Å². The number of carboxylic acid groups (broad SMARTS) is 1. The second kappa shape index (κ2) is 6.58. The van der Waals surface area contributed by atoms with Crippen LogP contribution in [0.15, 0.2) is 24.3 Å². The SMILES string of the molecule is O=C(O)CCc1ccc(CP(=O)(OF)OF)cc1. The van der Waals surface area contributed by atoms with Gasteiger partial charge in [0.25, 0.3) is 0 Å². The Hall–Kier alpha value is -1.30. The summed E-state index contributed by atoms with van der Waals surface area (Å²) in [5, 5.41) is 8.49. The molecule has 1 rings (SSSR count). The van der Waals surface area contributed by atoms with Crippen LogP contribution < -0.4 is 0 Å². The highest BCUT2D eigenvalue weighted by Gasteiger charge is 2.27.